The number of halogens is 3. The Bertz CT molecular complexity index is 1470. The number of nitrogens with zero attached hydrogens (tertiary/aromatic N) is 1. The molecule has 3 aromatic rings. The normalized spacial score (nSPS) is 14.2. The molecule has 1 aliphatic rings. The summed E-state index contributed by atoms with van der Waals surface area (Å²) in [6.45, 7) is 13.9. The van der Waals surface area contributed by atoms with E-state index in [-0.39, 0.29) is 18.0 Å². The monoisotopic (exact) mass is 635 g/mol. The number of anilines is 1. The summed E-state index contributed by atoms with van der Waals surface area (Å²) in [4.78, 5) is 27.5. The second-order valence-corrected chi connectivity index (χ2v) is 12.0. The van der Waals surface area contributed by atoms with Crippen LogP contribution in [0.5, 0.6) is 0 Å². The molecule has 2 N–H and O–H groups in total. The molecule has 1 heterocycles. The topological polar surface area (TPSA) is 61.4 Å². The maximum atomic E-state index is 13.0. The lowest BCUT2D eigenvalue weighted by molar-refractivity contribution is -0.137. The molecule has 0 radical (unpaired) electrons. The summed E-state index contributed by atoms with van der Waals surface area (Å²) in [6.07, 6.45) is 1.21. The van der Waals surface area contributed by atoms with Gasteiger partial charge in [0.2, 0.25) is 0 Å². The van der Waals surface area contributed by atoms with E-state index < -0.39 is 11.7 Å². The van der Waals surface area contributed by atoms with Crippen molar-refractivity contribution in [2.45, 2.75) is 92.3 Å². The Balaban J connectivity index is 0.000000402. The molecular formula is C38H48F3N3O2. The molecule has 3 aromatic carbocycles. The molecule has 1 fully saturated rings. The molecular weight excluding hydrogens is 587 g/mol. The fourth-order valence-corrected chi connectivity index (χ4v) is 5.60. The van der Waals surface area contributed by atoms with Crippen LogP contribution in [0.3, 0.4) is 0 Å². The lowest BCUT2D eigenvalue weighted by Crippen LogP contribution is -2.47. The van der Waals surface area contributed by atoms with Gasteiger partial charge < -0.3 is 15.5 Å². The van der Waals surface area contributed by atoms with Crippen molar-refractivity contribution in [1.82, 2.24) is 10.2 Å². The fourth-order valence-electron chi connectivity index (χ4n) is 5.60. The van der Waals surface area contributed by atoms with Gasteiger partial charge in [0.1, 0.15) is 0 Å². The number of nitrogens with one attached hydrogen (secondary N) is 2. The van der Waals surface area contributed by atoms with Crippen LogP contribution in [0.25, 0.3) is 5.57 Å². The van der Waals surface area contributed by atoms with Crippen molar-refractivity contribution in [2.75, 3.05) is 18.4 Å². The van der Waals surface area contributed by atoms with Crippen LogP contribution < -0.4 is 10.6 Å². The molecule has 5 nitrogen and oxygen atoms in total. The summed E-state index contributed by atoms with van der Waals surface area (Å²) in [7, 11) is 0. The van der Waals surface area contributed by atoms with E-state index in [1.807, 2.05) is 55.1 Å². The van der Waals surface area contributed by atoms with E-state index in [2.05, 4.69) is 44.4 Å². The van der Waals surface area contributed by atoms with Gasteiger partial charge in [-0.3, -0.25) is 4.79 Å². The molecule has 0 aromatic heterocycles. The SMILES string of the molecule is CCC/C(C)=C(\CC)c1cc(C(=O)NC2CCN(C(=O)Nc3ccc(C)cc3)CC2)ccc1C.CCc1ccc(C(F)(F)F)cc1. The maximum absolute atomic E-state index is 13.0. The van der Waals surface area contributed by atoms with Crippen LogP contribution in [0.2, 0.25) is 0 Å². The van der Waals surface area contributed by atoms with E-state index in [1.165, 1.54) is 34.4 Å². The quantitative estimate of drug-likeness (QED) is 0.259. The van der Waals surface area contributed by atoms with Gasteiger partial charge in [-0.1, -0.05) is 68.7 Å². The first-order chi connectivity index (χ1) is 21.9. The Morgan fingerprint density at radius 2 is 1.52 bits per heavy atom. The average molecular weight is 636 g/mol. The second kappa shape index (κ2) is 17.0. The molecule has 3 amide bonds. The number of benzene rings is 3. The molecule has 46 heavy (non-hydrogen) atoms. The first-order valence-electron chi connectivity index (χ1n) is 16.2. The minimum atomic E-state index is -4.22. The third-order valence-electron chi connectivity index (χ3n) is 8.43. The number of carbonyl (C=O) groups is 2. The second-order valence-electron chi connectivity index (χ2n) is 12.0. The molecule has 1 saturated heterocycles. The maximum Gasteiger partial charge on any atom is 0.416 e. The van der Waals surface area contributed by atoms with Crippen LogP contribution >= 0.6 is 0 Å². The van der Waals surface area contributed by atoms with E-state index >= 15 is 0 Å². The van der Waals surface area contributed by atoms with Gasteiger partial charge in [-0.15, -0.1) is 0 Å². The molecule has 0 aliphatic carbocycles. The zero-order chi connectivity index (χ0) is 33.9. The van der Waals surface area contributed by atoms with Crippen molar-refractivity contribution >= 4 is 23.2 Å². The van der Waals surface area contributed by atoms with Crippen LogP contribution in [0, 0.1) is 13.8 Å². The van der Waals surface area contributed by atoms with Crippen molar-refractivity contribution in [2.24, 2.45) is 0 Å². The largest absolute Gasteiger partial charge is 0.416 e. The Morgan fingerprint density at radius 1 is 0.891 bits per heavy atom. The number of rotatable bonds is 8. The Kier molecular flexibility index (Phi) is 13.5. The smallest absolute Gasteiger partial charge is 0.349 e. The molecule has 0 spiro atoms. The summed E-state index contributed by atoms with van der Waals surface area (Å²) in [5, 5.41) is 6.16. The number of carbonyl (C=O) groups excluding carboxylic acids is 2. The molecule has 8 heteroatoms. The lowest BCUT2D eigenvalue weighted by Gasteiger charge is -2.32. The highest BCUT2D eigenvalue weighted by molar-refractivity contribution is 5.95. The van der Waals surface area contributed by atoms with E-state index in [1.54, 1.807) is 0 Å². The number of amides is 3. The summed E-state index contributed by atoms with van der Waals surface area (Å²) in [5.41, 5.74) is 8.14. The highest BCUT2D eigenvalue weighted by Gasteiger charge is 2.30. The first kappa shape index (κ1) is 36.4. The summed E-state index contributed by atoms with van der Waals surface area (Å²) in [5.74, 6) is -0.0348. The molecule has 0 bridgehead atoms. The first-order valence-corrected chi connectivity index (χ1v) is 16.2. The molecule has 0 atom stereocenters. The van der Waals surface area contributed by atoms with Gasteiger partial charge in [-0.25, -0.2) is 4.79 Å². The Hall–Kier alpha value is -4.07. The predicted molar refractivity (Wildman–Crippen MR) is 182 cm³/mol. The van der Waals surface area contributed by atoms with Crippen LogP contribution in [-0.2, 0) is 12.6 Å². The highest BCUT2D eigenvalue weighted by atomic mass is 19.4. The Morgan fingerprint density at radius 3 is 2.07 bits per heavy atom. The number of hydrogen-bond donors (Lipinski definition) is 2. The number of urea groups is 1. The standard InChI is InChI=1S/C29H39N3O2.C9H9F3/c1-6-8-21(4)26(7-2)27-19-23(12-11-22(27)5)28(33)30-25-15-17-32(18-16-25)29(34)31-24-13-9-20(3)10-14-24;1-2-7-3-5-8(6-4-7)9(10,11)12/h9-14,19,25H,6-8,15-18H2,1-5H3,(H,30,33)(H,31,34);3-6H,2H2,1H3/b26-21+;. The summed E-state index contributed by atoms with van der Waals surface area (Å²) >= 11 is 0. The highest BCUT2D eigenvalue weighted by Crippen LogP contribution is 2.30. The van der Waals surface area contributed by atoms with Gasteiger partial charge in [0.15, 0.2) is 0 Å². The number of alkyl halides is 3. The van der Waals surface area contributed by atoms with Crippen molar-refractivity contribution in [3.05, 3.63) is 106 Å². The summed E-state index contributed by atoms with van der Waals surface area (Å²) < 4.78 is 36.1. The van der Waals surface area contributed by atoms with E-state index in [9.17, 15) is 22.8 Å². The van der Waals surface area contributed by atoms with E-state index in [0.717, 1.165) is 67.5 Å². The number of piperidine rings is 1. The molecule has 1 aliphatic heterocycles. The third-order valence-corrected chi connectivity index (χ3v) is 8.43. The molecule has 248 valence electrons. The van der Waals surface area contributed by atoms with Gasteiger partial charge >= 0.3 is 12.2 Å². The van der Waals surface area contributed by atoms with E-state index in [4.69, 9.17) is 0 Å². The van der Waals surface area contributed by atoms with Crippen LogP contribution in [-0.4, -0.2) is 36.0 Å². The van der Waals surface area contributed by atoms with Gasteiger partial charge in [0.05, 0.1) is 5.56 Å². The Labute approximate surface area is 272 Å². The molecule has 4 rings (SSSR count). The number of likely N-dealkylation sites (tertiary alicyclic amines) is 1. The minimum Gasteiger partial charge on any atom is -0.349 e. The van der Waals surface area contributed by atoms with Crippen LogP contribution in [0.1, 0.15) is 98.0 Å². The van der Waals surface area contributed by atoms with Crippen molar-refractivity contribution in [1.29, 1.82) is 0 Å². The average Bonchev–Trinajstić information content (AvgIpc) is 3.03. The molecule has 0 saturated carbocycles. The van der Waals surface area contributed by atoms with Gasteiger partial charge in [-0.05, 0) is 112 Å². The van der Waals surface area contributed by atoms with Gasteiger partial charge in [0, 0.05) is 30.4 Å². The van der Waals surface area contributed by atoms with Crippen molar-refractivity contribution in [3.8, 4) is 0 Å². The zero-order valence-electron chi connectivity index (χ0n) is 28.0. The van der Waals surface area contributed by atoms with Gasteiger partial charge in [0.25, 0.3) is 5.91 Å². The van der Waals surface area contributed by atoms with E-state index in [0.29, 0.717) is 18.7 Å². The van der Waals surface area contributed by atoms with Crippen LogP contribution in [0.15, 0.2) is 72.3 Å². The third kappa shape index (κ3) is 10.5. The summed E-state index contributed by atoms with van der Waals surface area (Å²) in [6, 6.07) is 19.0. The number of hydrogen-bond acceptors (Lipinski definition) is 2. The predicted octanol–water partition coefficient (Wildman–Crippen LogP) is 9.98. The fraction of sp³-hybridized carbons (Fsp3) is 0.421. The zero-order valence-corrected chi connectivity index (χ0v) is 28.0. The minimum absolute atomic E-state index is 0.0348. The lowest BCUT2D eigenvalue weighted by atomic mass is 9.91. The number of aryl methyl sites for hydroxylation is 3. The van der Waals surface area contributed by atoms with Crippen molar-refractivity contribution in [3.63, 3.8) is 0 Å². The van der Waals surface area contributed by atoms with Gasteiger partial charge in [-0.2, -0.15) is 13.2 Å². The van der Waals surface area contributed by atoms with Crippen LogP contribution in [0.4, 0.5) is 23.7 Å². The number of allylic oxidation sites excluding steroid dienone is 2. The molecule has 0 unspecified atom stereocenters. The van der Waals surface area contributed by atoms with Crippen molar-refractivity contribution < 1.29 is 22.8 Å².